The molecule has 1 fully saturated rings. The van der Waals surface area contributed by atoms with E-state index in [1.54, 1.807) is 0 Å². The summed E-state index contributed by atoms with van der Waals surface area (Å²) < 4.78 is 0. The number of piperidine rings is 1. The van der Waals surface area contributed by atoms with Crippen molar-refractivity contribution in [2.24, 2.45) is 0 Å². The lowest BCUT2D eigenvalue weighted by atomic mass is 9.90. The van der Waals surface area contributed by atoms with E-state index in [1.165, 1.54) is 24.1 Å². The molecule has 0 aliphatic carbocycles. The third kappa shape index (κ3) is 2.38. The van der Waals surface area contributed by atoms with E-state index in [4.69, 9.17) is 0 Å². The van der Waals surface area contributed by atoms with Gasteiger partial charge in [0.1, 0.15) is 0 Å². The highest BCUT2D eigenvalue weighted by Crippen LogP contribution is 2.30. The van der Waals surface area contributed by atoms with Crippen LogP contribution in [0.15, 0.2) is 24.3 Å². The summed E-state index contributed by atoms with van der Waals surface area (Å²) in [5.41, 5.74) is 2.26. The SMILES string of the molecule is OC1(CN2CCCc3ccccc32)CCNCC1. The summed E-state index contributed by atoms with van der Waals surface area (Å²) in [6.45, 7) is 3.73. The first-order valence-corrected chi connectivity index (χ1v) is 7.03. The maximum absolute atomic E-state index is 10.7. The van der Waals surface area contributed by atoms with Crippen molar-refractivity contribution in [3.05, 3.63) is 29.8 Å². The van der Waals surface area contributed by atoms with E-state index in [-0.39, 0.29) is 0 Å². The zero-order chi connectivity index (χ0) is 12.4. The number of rotatable bonds is 2. The maximum Gasteiger partial charge on any atom is 0.0845 e. The van der Waals surface area contributed by atoms with Gasteiger partial charge in [-0.25, -0.2) is 0 Å². The molecule has 3 nitrogen and oxygen atoms in total. The van der Waals surface area contributed by atoms with Crippen molar-refractivity contribution in [3.63, 3.8) is 0 Å². The predicted octanol–water partition coefficient (Wildman–Crippen LogP) is 1.55. The summed E-state index contributed by atoms with van der Waals surface area (Å²) >= 11 is 0. The van der Waals surface area contributed by atoms with Gasteiger partial charge in [0.25, 0.3) is 0 Å². The smallest absolute Gasteiger partial charge is 0.0845 e. The fourth-order valence-corrected chi connectivity index (χ4v) is 3.18. The molecule has 0 bridgehead atoms. The molecular formula is C15H22N2O. The molecule has 18 heavy (non-hydrogen) atoms. The first-order valence-electron chi connectivity index (χ1n) is 7.03. The zero-order valence-corrected chi connectivity index (χ0v) is 10.9. The molecule has 3 rings (SSSR count). The first-order chi connectivity index (χ1) is 8.77. The molecule has 0 unspecified atom stereocenters. The minimum Gasteiger partial charge on any atom is -0.388 e. The third-order valence-corrected chi connectivity index (χ3v) is 4.23. The number of para-hydroxylation sites is 1. The van der Waals surface area contributed by atoms with Gasteiger partial charge in [-0.2, -0.15) is 0 Å². The van der Waals surface area contributed by atoms with Gasteiger partial charge in [-0.15, -0.1) is 0 Å². The minimum absolute atomic E-state index is 0.504. The molecule has 0 atom stereocenters. The van der Waals surface area contributed by atoms with E-state index in [2.05, 4.69) is 34.5 Å². The maximum atomic E-state index is 10.7. The second kappa shape index (κ2) is 4.90. The minimum atomic E-state index is -0.504. The van der Waals surface area contributed by atoms with Crippen LogP contribution in [0.2, 0.25) is 0 Å². The van der Waals surface area contributed by atoms with Crippen molar-refractivity contribution in [1.29, 1.82) is 0 Å². The molecule has 2 aliphatic rings. The summed E-state index contributed by atoms with van der Waals surface area (Å²) in [7, 11) is 0. The van der Waals surface area contributed by atoms with Crippen LogP contribution in [0.25, 0.3) is 0 Å². The fraction of sp³-hybridized carbons (Fsp3) is 0.600. The number of aryl methyl sites for hydroxylation is 1. The lowest BCUT2D eigenvalue weighted by molar-refractivity contribution is 0.0171. The second-order valence-electron chi connectivity index (χ2n) is 5.63. The monoisotopic (exact) mass is 246 g/mol. The van der Waals surface area contributed by atoms with Gasteiger partial charge in [0.05, 0.1) is 5.60 Å². The molecule has 0 saturated carbocycles. The summed E-state index contributed by atoms with van der Waals surface area (Å²) in [5, 5.41) is 14.0. The summed E-state index contributed by atoms with van der Waals surface area (Å²) in [4.78, 5) is 2.38. The summed E-state index contributed by atoms with van der Waals surface area (Å²) in [6.07, 6.45) is 4.11. The molecule has 2 aliphatic heterocycles. The largest absolute Gasteiger partial charge is 0.388 e. The fourth-order valence-electron chi connectivity index (χ4n) is 3.18. The highest BCUT2D eigenvalue weighted by atomic mass is 16.3. The number of hydrogen-bond donors (Lipinski definition) is 2. The van der Waals surface area contributed by atoms with Gasteiger partial charge in [0.15, 0.2) is 0 Å². The molecule has 1 saturated heterocycles. The number of aliphatic hydroxyl groups is 1. The Bertz CT molecular complexity index is 413. The number of nitrogens with one attached hydrogen (secondary N) is 1. The highest BCUT2D eigenvalue weighted by Gasteiger charge is 2.32. The number of nitrogens with zero attached hydrogens (tertiary/aromatic N) is 1. The number of hydrogen-bond acceptors (Lipinski definition) is 3. The molecule has 0 spiro atoms. The van der Waals surface area contributed by atoms with Crippen LogP contribution in [0.3, 0.4) is 0 Å². The lowest BCUT2D eigenvalue weighted by Crippen LogP contribution is -2.50. The quantitative estimate of drug-likeness (QED) is 0.831. The number of anilines is 1. The predicted molar refractivity (Wildman–Crippen MR) is 74.0 cm³/mol. The number of benzene rings is 1. The third-order valence-electron chi connectivity index (χ3n) is 4.23. The number of fused-ring (bicyclic) bond motifs is 1. The molecule has 2 heterocycles. The lowest BCUT2D eigenvalue weighted by Gasteiger charge is -2.40. The van der Waals surface area contributed by atoms with Gasteiger partial charge in [0, 0.05) is 18.8 Å². The Morgan fingerprint density at radius 1 is 1.22 bits per heavy atom. The van der Waals surface area contributed by atoms with E-state index in [9.17, 15) is 5.11 Å². The second-order valence-corrected chi connectivity index (χ2v) is 5.63. The normalized spacial score (nSPS) is 22.6. The topological polar surface area (TPSA) is 35.5 Å². The molecule has 1 aromatic carbocycles. The van der Waals surface area contributed by atoms with Crippen LogP contribution in [0, 0.1) is 0 Å². The van der Waals surface area contributed by atoms with Crippen LogP contribution in [-0.4, -0.2) is 36.9 Å². The van der Waals surface area contributed by atoms with Gasteiger partial charge >= 0.3 is 0 Å². The zero-order valence-electron chi connectivity index (χ0n) is 10.9. The molecule has 2 N–H and O–H groups in total. The van der Waals surface area contributed by atoms with Crippen LogP contribution >= 0.6 is 0 Å². The van der Waals surface area contributed by atoms with Crippen LogP contribution in [0.1, 0.15) is 24.8 Å². The van der Waals surface area contributed by atoms with Crippen LogP contribution in [0.4, 0.5) is 5.69 Å². The van der Waals surface area contributed by atoms with Gasteiger partial charge < -0.3 is 15.3 Å². The van der Waals surface area contributed by atoms with Gasteiger partial charge in [-0.1, -0.05) is 18.2 Å². The summed E-state index contributed by atoms with van der Waals surface area (Å²) in [6, 6.07) is 8.62. The van der Waals surface area contributed by atoms with Crippen molar-refractivity contribution in [1.82, 2.24) is 5.32 Å². The van der Waals surface area contributed by atoms with E-state index >= 15 is 0 Å². The molecule has 0 aromatic heterocycles. The van der Waals surface area contributed by atoms with E-state index < -0.39 is 5.60 Å². The Hall–Kier alpha value is -1.06. The Morgan fingerprint density at radius 2 is 2.00 bits per heavy atom. The van der Waals surface area contributed by atoms with Crippen LogP contribution < -0.4 is 10.2 Å². The Kier molecular flexibility index (Phi) is 3.27. The van der Waals surface area contributed by atoms with Crippen molar-refractivity contribution >= 4 is 5.69 Å². The molecule has 0 radical (unpaired) electrons. The van der Waals surface area contributed by atoms with Crippen molar-refractivity contribution in [2.75, 3.05) is 31.1 Å². The Balaban J connectivity index is 1.77. The molecule has 0 amide bonds. The van der Waals surface area contributed by atoms with Crippen molar-refractivity contribution in [2.45, 2.75) is 31.3 Å². The van der Waals surface area contributed by atoms with Gasteiger partial charge in [-0.3, -0.25) is 0 Å². The average Bonchev–Trinajstić information content (AvgIpc) is 2.40. The average molecular weight is 246 g/mol. The Labute approximate surface area is 109 Å². The van der Waals surface area contributed by atoms with Crippen LogP contribution in [0.5, 0.6) is 0 Å². The molecule has 98 valence electrons. The highest BCUT2D eigenvalue weighted by molar-refractivity contribution is 5.55. The molecule has 3 heteroatoms. The van der Waals surface area contributed by atoms with Gasteiger partial charge in [-0.05, 0) is 50.4 Å². The molecular weight excluding hydrogens is 224 g/mol. The van der Waals surface area contributed by atoms with Gasteiger partial charge in [0.2, 0.25) is 0 Å². The van der Waals surface area contributed by atoms with Crippen molar-refractivity contribution in [3.8, 4) is 0 Å². The first kappa shape index (κ1) is 12.0. The van der Waals surface area contributed by atoms with E-state index in [0.717, 1.165) is 39.0 Å². The molecule has 1 aromatic rings. The summed E-state index contributed by atoms with van der Waals surface area (Å²) in [5.74, 6) is 0. The van der Waals surface area contributed by atoms with E-state index in [1.807, 2.05) is 0 Å². The standard InChI is InChI=1S/C15H22N2O/c18-15(7-9-16-10-8-15)12-17-11-3-5-13-4-1-2-6-14(13)17/h1-2,4,6,16,18H,3,5,7-12H2. The Morgan fingerprint density at radius 3 is 2.83 bits per heavy atom. The van der Waals surface area contributed by atoms with E-state index in [0.29, 0.717) is 0 Å². The van der Waals surface area contributed by atoms with Crippen LogP contribution in [-0.2, 0) is 6.42 Å². The number of β-amino-alcohol motifs (C(OH)–C–C–N with tert-alkyl or cyclic N) is 1. The van der Waals surface area contributed by atoms with Crippen molar-refractivity contribution < 1.29 is 5.11 Å².